The van der Waals surface area contributed by atoms with Gasteiger partial charge in [0.2, 0.25) is 5.91 Å². The Morgan fingerprint density at radius 1 is 1.03 bits per heavy atom. The van der Waals surface area contributed by atoms with Gasteiger partial charge in [0.1, 0.15) is 3.92 Å². The molecule has 1 N–H and O–H groups in total. The zero-order valence-corrected chi connectivity index (χ0v) is 22.5. The maximum absolute atomic E-state index is 13.4. The number of amides is 1. The van der Waals surface area contributed by atoms with Crippen LogP contribution in [0.15, 0.2) is 65.1 Å². The fourth-order valence-corrected chi connectivity index (χ4v) is 8.00. The number of hydrogen-bond acceptors (Lipinski definition) is 6. The van der Waals surface area contributed by atoms with E-state index in [1.165, 1.54) is 5.69 Å². The number of anilines is 1. The van der Waals surface area contributed by atoms with Gasteiger partial charge in [0.25, 0.3) is 0 Å². The van der Waals surface area contributed by atoms with E-state index in [0.717, 1.165) is 31.6 Å². The van der Waals surface area contributed by atoms with Crippen molar-refractivity contribution >= 4 is 49.7 Å². The molecule has 0 aliphatic carbocycles. The van der Waals surface area contributed by atoms with Crippen LogP contribution < -0.4 is 10.2 Å². The molecule has 0 radical (unpaired) electrons. The van der Waals surface area contributed by atoms with Gasteiger partial charge in [-0.25, -0.2) is 8.42 Å². The maximum atomic E-state index is 13.4. The first-order chi connectivity index (χ1) is 16.9. The van der Waals surface area contributed by atoms with Crippen LogP contribution in [0.1, 0.15) is 18.4 Å². The van der Waals surface area contributed by atoms with Crippen molar-refractivity contribution in [1.82, 2.24) is 10.2 Å². The number of carbonyl (C=O) groups is 1. The van der Waals surface area contributed by atoms with Crippen molar-refractivity contribution in [3.05, 3.63) is 65.7 Å². The highest BCUT2D eigenvalue weighted by Gasteiger charge is 2.37. The number of rotatable bonds is 5. The first-order valence-electron chi connectivity index (χ1n) is 12.1. The van der Waals surface area contributed by atoms with E-state index in [4.69, 9.17) is 4.74 Å². The summed E-state index contributed by atoms with van der Waals surface area (Å²) < 4.78 is 31.3. The van der Waals surface area contributed by atoms with E-state index in [9.17, 15) is 13.2 Å². The Hall–Kier alpha value is -2.11. The largest absolute Gasteiger partial charge is 0.380 e. The summed E-state index contributed by atoms with van der Waals surface area (Å²) in [5.74, 6) is -0.196. The first kappa shape index (κ1) is 24.6. The van der Waals surface area contributed by atoms with Crippen LogP contribution in [0.2, 0.25) is 0 Å². The Morgan fingerprint density at radius 3 is 2.51 bits per heavy atom. The van der Waals surface area contributed by atoms with Crippen molar-refractivity contribution in [2.24, 2.45) is 0 Å². The van der Waals surface area contributed by atoms with E-state index < -0.39 is 13.8 Å². The number of benzene rings is 2. The second kappa shape index (κ2) is 10.5. The molecular formula is C26H30IN3O4S. The van der Waals surface area contributed by atoms with Crippen LogP contribution in [0.5, 0.6) is 0 Å². The Labute approximate surface area is 220 Å². The lowest BCUT2D eigenvalue weighted by molar-refractivity contribution is -0.133. The zero-order valence-electron chi connectivity index (χ0n) is 19.5. The molecule has 2 saturated heterocycles. The van der Waals surface area contributed by atoms with Crippen molar-refractivity contribution in [3.63, 3.8) is 0 Å². The van der Waals surface area contributed by atoms with Crippen molar-refractivity contribution in [2.45, 2.75) is 27.7 Å². The predicted molar refractivity (Wildman–Crippen MR) is 145 cm³/mol. The molecule has 0 bridgehead atoms. The molecule has 3 aliphatic rings. The molecule has 3 aliphatic heterocycles. The van der Waals surface area contributed by atoms with Crippen LogP contribution in [0.25, 0.3) is 5.70 Å². The summed E-state index contributed by atoms with van der Waals surface area (Å²) in [4.78, 5) is 17.9. The number of nitrogens with zero attached hydrogens (tertiary/aromatic N) is 2. The third-order valence-electron chi connectivity index (χ3n) is 6.89. The zero-order chi connectivity index (χ0) is 24.4. The number of fused-ring (bicyclic) bond motifs is 1. The SMILES string of the molecule is O=C(C(I)C1=C(NC2CCCN(c3ccccc3)C2)c2ccccc2S(=O)(=O)C1)N1CCOCC1. The smallest absolute Gasteiger partial charge is 0.239 e. The van der Waals surface area contributed by atoms with E-state index in [0.29, 0.717) is 42.3 Å². The van der Waals surface area contributed by atoms with Gasteiger partial charge in [-0.2, -0.15) is 0 Å². The van der Waals surface area contributed by atoms with Crippen molar-refractivity contribution in [1.29, 1.82) is 0 Å². The number of halogens is 1. The standard InChI is InChI=1S/C26H30IN3O4S/c27-24(26(31)29-13-15-34-16-14-29)22-18-35(32,33)23-11-5-4-10-21(23)25(22)28-19-7-6-12-30(17-19)20-8-2-1-3-9-20/h1-5,8-11,19,24,28H,6-7,12-18H2. The second-order valence-corrected chi connectivity index (χ2v) is 12.4. The maximum Gasteiger partial charge on any atom is 0.239 e. The lowest BCUT2D eigenvalue weighted by Crippen LogP contribution is -2.48. The number of carbonyl (C=O) groups excluding carboxylic acids is 1. The number of alkyl halides is 1. The molecule has 2 aromatic carbocycles. The van der Waals surface area contributed by atoms with Crippen molar-refractivity contribution in [3.8, 4) is 0 Å². The fraction of sp³-hybridized carbons (Fsp3) is 0.423. The van der Waals surface area contributed by atoms with Gasteiger partial charge < -0.3 is 19.9 Å². The van der Waals surface area contributed by atoms with E-state index >= 15 is 0 Å². The van der Waals surface area contributed by atoms with Gasteiger partial charge in [-0.1, -0.05) is 59.0 Å². The molecule has 2 atom stereocenters. The Balaban J connectivity index is 1.48. The van der Waals surface area contributed by atoms with Crippen LogP contribution in [0.3, 0.4) is 0 Å². The molecule has 35 heavy (non-hydrogen) atoms. The average molecular weight is 608 g/mol. The number of nitrogens with one attached hydrogen (secondary N) is 1. The van der Waals surface area contributed by atoms with Crippen molar-refractivity contribution < 1.29 is 17.9 Å². The summed E-state index contributed by atoms with van der Waals surface area (Å²) in [6, 6.07) is 17.7. The monoisotopic (exact) mass is 607 g/mol. The topological polar surface area (TPSA) is 79.0 Å². The highest BCUT2D eigenvalue weighted by Crippen LogP contribution is 2.36. The highest BCUT2D eigenvalue weighted by atomic mass is 127. The molecule has 2 fully saturated rings. The summed E-state index contributed by atoms with van der Waals surface area (Å²) in [6.45, 7) is 3.90. The molecule has 2 unspecified atom stereocenters. The van der Waals surface area contributed by atoms with E-state index in [2.05, 4.69) is 44.9 Å². The minimum absolute atomic E-state index is 0.0488. The number of piperidine rings is 1. The fourth-order valence-electron chi connectivity index (χ4n) is 5.11. The minimum atomic E-state index is -3.54. The normalized spacial score (nSPS) is 22.9. The average Bonchev–Trinajstić information content (AvgIpc) is 2.90. The third-order valence-corrected chi connectivity index (χ3v) is 9.90. The molecule has 0 saturated carbocycles. The second-order valence-electron chi connectivity index (χ2n) is 9.22. The molecular weight excluding hydrogens is 577 g/mol. The van der Waals surface area contributed by atoms with E-state index in [1.807, 2.05) is 30.3 Å². The van der Waals surface area contributed by atoms with Crippen LogP contribution >= 0.6 is 22.6 Å². The number of hydrogen-bond donors (Lipinski definition) is 1. The predicted octanol–water partition coefficient (Wildman–Crippen LogP) is 3.11. The van der Waals surface area contributed by atoms with Crippen molar-refractivity contribution in [2.75, 3.05) is 50.0 Å². The number of morpholine rings is 1. The van der Waals surface area contributed by atoms with E-state index in [-0.39, 0.29) is 17.7 Å². The van der Waals surface area contributed by atoms with Gasteiger partial charge in [-0.15, -0.1) is 0 Å². The van der Waals surface area contributed by atoms with Gasteiger partial charge in [0.15, 0.2) is 9.84 Å². The molecule has 9 heteroatoms. The molecule has 186 valence electrons. The van der Waals surface area contributed by atoms with Gasteiger partial charge in [-0.05, 0) is 36.6 Å². The molecule has 5 rings (SSSR count). The Bertz CT molecular complexity index is 1210. The van der Waals surface area contributed by atoms with Crippen LogP contribution in [0.4, 0.5) is 5.69 Å². The lowest BCUT2D eigenvalue weighted by atomic mass is 9.99. The van der Waals surface area contributed by atoms with Gasteiger partial charge in [0, 0.05) is 49.2 Å². The van der Waals surface area contributed by atoms with E-state index in [1.54, 1.807) is 17.0 Å². The van der Waals surface area contributed by atoms with Crippen LogP contribution in [-0.2, 0) is 19.4 Å². The summed E-state index contributed by atoms with van der Waals surface area (Å²) in [5, 5.41) is 3.71. The molecule has 3 heterocycles. The lowest BCUT2D eigenvalue weighted by Gasteiger charge is -2.38. The molecule has 1 amide bonds. The van der Waals surface area contributed by atoms with Gasteiger partial charge >= 0.3 is 0 Å². The first-order valence-corrected chi connectivity index (χ1v) is 15.0. The number of para-hydroxylation sites is 1. The number of sulfone groups is 1. The third kappa shape index (κ3) is 5.22. The summed E-state index contributed by atoms with van der Waals surface area (Å²) >= 11 is 2.12. The van der Waals surface area contributed by atoms with Crippen LogP contribution in [-0.4, -0.2) is 74.3 Å². The summed E-state index contributed by atoms with van der Waals surface area (Å²) in [5.41, 5.74) is 3.31. The summed E-state index contributed by atoms with van der Waals surface area (Å²) in [6.07, 6.45) is 2.02. The van der Waals surface area contributed by atoms with Crippen LogP contribution in [0, 0.1) is 0 Å². The Kier molecular flexibility index (Phi) is 7.36. The molecule has 0 aromatic heterocycles. The molecule has 0 spiro atoms. The highest BCUT2D eigenvalue weighted by molar-refractivity contribution is 14.1. The van der Waals surface area contributed by atoms with Gasteiger partial charge in [0.05, 0.1) is 23.9 Å². The molecule has 7 nitrogen and oxygen atoms in total. The Morgan fingerprint density at radius 2 is 1.74 bits per heavy atom. The quantitative estimate of drug-likeness (QED) is 0.416. The molecule has 2 aromatic rings. The minimum Gasteiger partial charge on any atom is -0.380 e. The summed E-state index contributed by atoms with van der Waals surface area (Å²) in [7, 11) is -3.54. The van der Waals surface area contributed by atoms with Gasteiger partial charge in [-0.3, -0.25) is 4.79 Å². The number of ether oxygens (including phenoxy) is 1.